The third-order valence-corrected chi connectivity index (χ3v) is 1.74. The molecule has 1 rings (SSSR count). The molecule has 1 heterocycles. The monoisotopic (exact) mass is 166 g/mol. The third-order valence-electron chi connectivity index (χ3n) is 1.74. The van der Waals surface area contributed by atoms with E-state index in [-0.39, 0.29) is 5.76 Å². The van der Waals surface area contributed by atoms with Crippen LogP contribution < -0.4 is 0 Å². The van der Waals surface area contributed by atoms with E-state index < -0.39 is 0 Å². The quantitative estimate of drug-likeness (QED) is 0.600. The summed E-state index contributed by atoms with van der Waals surface area (Å²) in [5.74, 6) is 1.08. The normalized spacial score (nSPS) is 16.8. The molecule has 0 saturated carbocycles. The van der Waals surface area contributed by atoms with Gasteiger partial charge in [0.15, 0.2) is 11.6 Å². The predicted molar refractivity (Wildman–Crippen MR) is 49.1 cm³/mol. The number of nitrogens with zero attached hydrogens (tertiary/aromatic N) is 2. The Hall–Kier alpha value is -1.38. The standard InChI is InChI=1S/C9H14N2O/c1-4-5-8(12)9-10(2)6-7-11(9)3/h4-7,12H,1-3H3/b5-4+. The zero-order valence-electron chi connectivity index (χ0n) is 7.65. The van der Waals surface area contributed by atoms with Crippen molar-refractivity contribution < 1.29 is 5.11 Å². The van der Waals surface area contributed by atoms with Gasteiger partial charge in [0.2, 0.25) is 0 Å². The molecule has 66 valence electrons. The van der Waals surface area contributed by atoms with Crippen LogP contribution in [0.25, 0.3) is 0 Å². The molecule has 0 aromatic rings. The second kappa shape index (κ2) is 3.34. The van der Waals surface area contributed by atoms with Crippen molar-refractivity contribution in [2.75, 3.05) is 14.1 Å². The third kappa shape index (κ3) is 1.44. The van der Waals surface area contributed by atoms with Crippen LogP contribution in [0.15, 0.2) is 36.1 Å². The molecular weight excluding hydrogens is 152 g/mol. The Kier molecular flexibility index (Phi) is 2.43. The lowest BCUT2D eigenvalue weighted by molar-refractivity contribution is 0.352. The van der Waals surface area contributed by atoms with Crippen LogP contribution in [0.5, 0.6) is 0 Å². The minimum Gasteiger partial charge on any atom is -0.504 e. The van der Waals surface area contributed by atoms with Gasteiger partial charge in [-0.25, -0.2) is 0 Å². The largest absolute Gasteiger partial charge is 0.504 e. The molecule has 0 spiro atoms. The lowest BCUT2D eigenvalue weighted by Gasteiger charge is -2.18. The first-order chi connectivity index (χ1) is 5.66. The van der Waals surface area contributed by atoms with E-state index in [2.05, 4.69) is 0 Å². The van der Waals surface area contributed by atoms with Crippen LogP contribution in [0.1, 0.15) is 6.92 Å². The van der Waals surface area contributed by atoms with Crippen LogP contribution in [-0.4, -0.2) is 29.0 Å². The van der Waals surface area contributed by atoms with Crippen LogP contribution >= 0.6 is 0 Å². The Bertz CT molecular complexity index is 239. The van der Waals surface area contributed by atoms with E-state index in [9.17, 15) is 5.11 Å². The number of aliphatic hydroxyl groups excluding tert-OH is 1. The van der Waals surface area contributed by atoms with Crippen molar-refractivity contribution in [2.45, 2.75) is 6.92 Å². The fraction of sp³-hybridized carbons (Fsp3) is 0.333. The van der Waals surface area contributed by atoms with E-state index >= 15 is 0 Å². The molecule has 1 N–H and O–H groups in total. The Morgan fingerprint density at radius 3 is 2.25 bits per heavy atom. The molecule has 0 unspecified atom stereocenters. The maximum Gasteiger partial charge on any atom is 0.156 e. The second-order valence-electron chi connectivity index (χ2n) is 2.73. The van der Waals surface area contributed by atoms with Gasteiger partial charge in [0.1, 0.15) is 0 Å². The van der Waals surface area contributed by atoms with Gasteiger partial charge in [0.25, 0.3) is 0 Å². The first kappa shape index (κ1) is 8.71. The van der Waals surface area contributed by atoms with E-state index in [1.807, 2.05) is 49.3 Å². The van der Waals surface area contributed by atoms with Gasteiger partial charge < -0.3 is 14.9 Å². The van der Waals surface area contributed by atoms with Crippen LogP contribution in [-0.2, 0) is 0 Å². The van der Waals surface area contributed by atoms with Crippen molar-refractivity contribution in [1.29, 1.82) is 0 Å². The van der Waals surface area contributed by atoms with E-state index in [0.717, 1.165) is 5.82 Å². The second-order valence-corrected chi connectivity index (χ2v) is 2.73. The molecule has 3 nitrogen and oxygen atoms in total. The molecule has 0 aromatic carbocycles. The zero-order chi connectivity index (χ0) is 9.14. The lowest BCUT2D eigenvalue weighted by Crippen LogP contribution is -2.18. The van der Waals surface area contributed by atoms with E-state index in [1.54, 1.807) is 6.08 Å². The summed E-state index contributed by atoms with van der Waals surface area (Å²) in [4.78, 5) is 3.74. The van der Waals surface area contributed by atoms with E-state index in [0.29, 0.717) is 0 Å². The van der Waals surface area contributed by atoms with Gasteiger partial charge in [-0.15, -0.1) is 0 Å². The molecule has 0 fully saturated rings. The highest BCUT2D eigenvalue weighted by Crippen LogP contribution is 2.18. The minimum atomic E-state index is 0.285. The number of hydrogen-bond acceptors (Lipinski definition) is 3. The van der Waals surface area contributed by atoms with E-state index in [4.69, 9.17) is 0 Å². The van der Waals surface area contributed by atoms with Crippen LogP contribution in [0.3, 0.4) is 0 Å². The summed E-state index contributed by atoms with van der Waals surface area (Å²) in [6.07, 6.45) is 7.28. The van der Waals surface area contributed by atoms with Gasteiger partial charge in [0.05, 0.1) is 0 Å². The molecule has 3 heteroatoms. The lowest BCUT2D eigenvalue weighted by atomic mass is 10.4. The van der Waals surface area contributed by atoms with Crippen molar-refractivity contribution in [1.82, 2.24) is 9.80 Å². The van der Waals surface area contributed by atoms with Crippen molar-refractivity contribution in [3.05, 3.63) is 36.1 Å². The number of hydrogen-bond donors (Lipinski definition) is 1. The Balaban J connectivity index is 2.93. The molecule has 0 aliphatic carbocycles. The van der Waals surface area contributed by atoms with Gasteiger partial charge in [-0.05, 0) is 13.0 Å². The van der Waals surface area contributed by atoms with Crippen LogP contribution in [0, 0.1) is 0 Å². The van der Waals surface area contributed by atoms with Crippen molar-refractivity contribution in [2.24, 2.45) is 0 Å². The summed E-state index contributed by atoms with van der Waals surface area (Å²) >= 11 is 0. The highest BCUT2D eigenvalue weighted by molar-refractivity contribution is 5.22. The van der Waals surface area contributed by atoms with Crippen molar-refractivity contribution in [3.8, 4) is 0 Å². The molecule has 0 radical (unpaired) electrons. The summed E-state index contributed by atoms with van der Waals surface area (Å²) in [5, 5.41) is 9.56. The Morgan fingerprint density at radius 2 is 1.83 bits per heavy atom. The molecule has 1 aliphatic heterocycles. The van der Waals surface area contributed by atoms with Gasteiger partial charge in [-0.2, -0.15) is 0 Å². The SMILES string of the molecule is C/C=C/C(O)=C1N(C)C=CN1C. The molecule has 0 amide bonds. The summed E-state index contributed by atoms with van der Waals surface area (Å²) < 4.78 is 0. The average Bonchev–Trinajstić information content (AvgIpc) is 2.32. The molecule has 12 heavy (non-hydrogen) atoms. The smallest absolute Gasteiger partial charge is 0.156 e. The zero-order valence-corrected chi connectivity index (χ0v) is 7.65. The topological polar surface area (TPSA) is 26.7 Å². The van der Waals surface area contributed by atoms with Gasteiger partial charge in [0, 0.05) is 26.5 Å². The average molecular weight is 166 g/mol. The number of aliphatic hydroxyl groups is 1. The van der Waals surface area contributed by atoms with Crippen molar-refractivity contribution in [3.63, 3.8) is 0 Å². The highest BCUT2D eigenvalue weighted by atomic mass is 16.3. The van der Waals surface area contributed by atoms with Crippen LogP contribution in [0.2, 0.25) is 0 Å². The molecule has 0 bridgehead atoms. The summed E-state index contributed by atoms with van der Waals surface area (Å²) in [6, 6.07) is 0. The predicted octanol–water partition coefficient (Wildman–Crippen LogP) is 1.64. The van der Waals surface area contributed by atoms with Crippen LogP contribution in [0.4, 0.5) is 0 Å². The molecule has 0 aromatic heterocycles. The molecule has 0 atom stereocenters. The highest BCUT2D eigenvalue weighted by Gasteiger charge is 2.15. The maximum absolute atomic E-state index is 9.56. The summed E-state index contributed by atoms with van der Waals surface area (Å²) in [6.45, 7) is 1.87. The maximum atomic E-state index is 9.56. The fourth-order valence-corrected chi connectivity index (χ4v) is 1.18. The summed E-state index contributed by atoms with van der Waals surface area (Å²) in [5.41, 5.74) is 0. The number of rotatable bonds is 1. The van der Waals surface area contributed by atoms with Gasteiger partial charge in [-0.1, -0.05) is 6.08 Å². The first-order valence-corrected chi connectivity index (χ1v) is 3.86. The minimum absolute atomic E-state index is 0.285. The van der Waals surface area contributed by atoms with E-state index in [1.165, 1.54) is 0 Å². The Morgan fingerprint density at radius 1 is 1.33 bits per heavy atom. The molecule has 1 aliphatic rings. The molecule has 0 saturated heterocycles. The fourth-order valence-electron chi connectivity index (χ4n) is 1.18. The number of allylic oxidation sites excluding steroid dienone is 2. The Labute approximate surface area is 72.9 Å². The molecular formula is C9H14N2O. The first-order valence-electron chi connectivity index (χ1n) is 3.86. The summed E-state index contributed by atoms with van der Waals surface area (Å²) in [7, 11) is 3.80. The van der Waals surface area contributed by atoms with Gasteiger partial charge in [-0.3, -0.25) is 0 Å². The van der Waals surface area contributed by atoms with Crippen molar-refractivity contribution >= 4 is 0 Å². The van der Waals surface area contributed by atoms with Gasteiger partial charge >= 0.3 is 0 Å².